The first-order valence-corrected chi connectivity index (χ1v) is 22.2. The van der Waals surface area contributed by atoms with Crippen LogP contribution in [0.3, 0.4) is 0 Å². The molecule has 0 aromatic carbocycles. The van der Waals surface area contributed by atoms with Gasteiger partial charge in [-0.25, -0.2) is 19.6 Å². The van der Waals surface area contributed by atoms with E-state index in [0.29, 0.717) is 58.8 Å². The molecule has 0 radical (unpaired) electrons. The molecule has 0 spiro atoms. The van der Waals surface area contributed by atoms with Gasteiger partial charge in [-0.3, -0.25) is 19.9 Å². The van der Waals surface area contributed by atoms with Crippen LogP contribution in [0.25, 0.3) is 0 Å². The van der Waals surface area contributed by atoms with Crippen molar-refractivity contribution in [2.24, 2.45) is 0 Å². The first-order chi connectivity index (χ1) is 28.3. The maximum atomic E-state index is 12.3. The molecular weight excluding hydrogens is 811 g/mol. The normalized spacial score (nSPS) is 21.6. The van der Waals surface area contributed by atoms with Crippen LogP contribution in [0.4, 0.5) is 32.6 Å². The number of nitrogens with zero attached hydrogens (tertiary/aromatic N) is 9. The molecule has 60 heavy (non-hydrogen) atoms. The van der Waals surface area contributed by atoms with Gasteiger partial charge in [-0.15, -0.1) is 0 Å². The number of amides is 2. The fraction of sp³-hybridized carbons (Fsp3) is 0.714. The highest BCUT2D eigenvalue weighted by Crippen LogP contribution is 2.33. The fourth-order valence-electron chi connectivity index (χ4n) is 8.66. The van der Waals surface area contributed by atoms with Gasteiger partial charge >= 0.3 is 12.2 Å². The number of ether oxygens (including phenoxy) is 2. The number of carbonyl (C=O) groups excluding carboxylic acids is 2. The number of halogens is 2. The zero-order chi connectivity index (χ0) is 43.9. The number of anilines is 3. The van der Waals surface area contributed by atoms with Gasteiger partial charge in [0.25, 0.3) is 5.69 Å². The van der Waals surface area contributed by atoms with Crippen molar-refractivity contribution in [3.05, 3.63) is 44.7 Å². The van der Waals surface area contributed by atoms with Crippen LogP contribution in [-0.2, 0) is 9.47 Å². The average Bonchev–Trinajstić information content (AvgIpc) is 3.19. The van der Waals surface area contributed by atoms with Gasteiger partial charge in [-0.2, -0.15) is 0 Å². The van der Waals surface area contributed by atoms with Crippen LogP contribution >= 0.6 is 23.2 Å². The summed E-state index contributed by atoms with van der Waals surface area (Å²) in [6, 6.07) is 4.83. The van der Waals surface area contributed by atoms with Crippen molar-refractivity contribution < 1.29 is 24.0 Å². The Kier molecular flexibility index (Phi) is 16.0. The average molecular weight is 878 g/mol. The molecule has 16 nitrogen and oxygen atoms in total. The zero-order valence-corrected chi connectivity index (χ0v) is 38.3. The Balaban J connectivity index is 0.000000228. The Morgan fingerprint density at radius 2 is 1.12 bits per heavy atom. The van der Waals surface area contributed by atoms with E-state index in [9.17, 15) is 19.7 Å². The topological polar surface area (TPSA) is 167 Å². The van der Waals surface area contributed by atoms with E-state index in [1.54, 1.807) is 17.2 Å². The summed E-state index contributed by atoms with van der Waals surface area (Å²) >= 11 is 12.7. The Hall–Kier alpha value is -3.86. The molecule has 18 heteroatoms. The van der Waals surface area contributed by atoms with Crippen LogP contribution in [0.5, 0.6) is 0 Å². The third-order valence-corrected chi connectivity index (χ3v) is 12.2. The Morgan fingerprint density at radius 1 is 0.717 bits per heavy atom. The highest BCUT2D eigenvalue weighted by atomic mass is 35.5. The van der Waals surface area contributed by atoms with Crippen LogP contribution in [0.2, 0.25) is 10.0 Å². The van der Waals surface area contributed by atoms with E-state index in [1.807, 2.05) is 46.4 Å². The van der Waals surface area contributed by atoms with Crippen molar-refractivity contribution in [1.29, 1.82) is 0 Å². The molecule has 2 aromatic heterocycles. The van der Waals surface area contributed by atoms with E-state index in [-0.39, 0.29) is 17.9 Å². The number of aromatic nitrogens is 2. The van der Waals surface area contributed by atoms with E-state index in [1.165, 1.54) is 12.3 Å². The van der Waals surface area contributed by atoms with Gasteiger partial charge in [-0.05, 0) is 86.1 Å². The molecule has 4 fully saturated rings. The number of piperazine rings is 2. The number of nitro groups is 1. The molecule has 6 heterocycles. The molecule has 0 unspecified atom stereocenters. The molecule has 2 amide bonds. The number of likely N-dealkylation sites (tertiary alicyclic amines) is 2. The third-order valence-electron chi connectivity index (χ3n) is 11.6. The molecule has 0 aliphatic carbocycles. The van der Waals surface area contributed by atoms with Crippen LogP contribution in [0.15, 0.2) is 24.5 Å². The largest absolute Gasteiger partial charge is 0.444 e. The molecule has 0 bridgehead atoms. The molecule has 4 aliphatic rings. The van der Waals surface area contributed by atoms with Gasteiger partial charge < -0.3 is 34.8 Å². The summed E-state index contributed by atoms with van der Waals surface area (Å²) in [5, 5.41) is 11.9. The van der Waals surface area contributed by atoms with Gasteiger partial charge in [0.15, 0.2) is 0 Å². The van der Waals surface area contributed by atoms with E-state index in [2.05, 4.69) is 43.4 Å². The van der Waals surface area contributed by atoms with Gasteiger partial charge in [0.05, 0.1) is 26.9 Å². The summed E-state index contributed by atoms with van der Waals surface area (Å²) in [6.45, 7) is 23.8. The lowest BCUT2D eigenvalue weighted by Gasteiger charge is -2.47. The maximum Gasteiger partial charge on any atom is 0.410 e. The molecule has 334 valence electrons. The molecule has 0 saturated carbocycles. The predicted molar refractivity (Wildman–Crippen MR) is 237 cm³/mol. The highest BCUT2D eigenvalue weighted by Gasteiger charge is 2.37. The first-order valence-electron chi connectivity index (χ1n) is 21.4. The van der Waals surface area contributed by atoms with Crippen LogP contribution < -0.4 is 15.5 Å². The van der Waals surface area contributed by atoms with E-state index >= 15 is 0 Å². The number of piperidine rings is 2. The quantitative estimate of drug-likeness (QED) is 0.214. The van der Waals surface area contributed by atoms with Crippen molar-refractivity contribution in [3.63, 3.8) is 0 Å². The number of nitrogen functional groups attached to an aromatic ring is 1. The number of hydrogen-bond acceptors (Lipinski definition) is 13. The summed E-state index contributed by atoms with van der Waals surface area (Å²) in [4.78, 5) is 57.0. The second kappa shape index (κ2) is 20.3. The lowest BCUT2D eigenvalue weighted by molar-refractivity contribution is -0.385. The maximum absolute atomic E-state index is 12.3. The summed E-state index contributed by atoms with van der Waals surface area (Å²) in [7, 11) is 0. The Bertz CT molecular complexity index is 1780. The molecule has 4 saturated heterocycles. The first kappa shape index (κ1) is 47.2. The van der Waals surface area contributed by atoms with Gasteiger partial charge in [0.1, 0.15) is 29.0 Å². The number of pyridine rings is 2. The second-order valence-electron chi connectivity index (χ2n) is 18.2. The Morgan fingerprint density at radius 3 is 1.47 bits per heavy atom. The summed E-state index contributed by atoms with van der Waals surface area (Å²) < 4.78 is 11.0. The number of hydrogen-bond donors (Lipinski definition) is 1. The van der Waals surface area contributed by atoms with Gasteiger partial charge in [0.2, 0.25) is 0 Å². The molecule has 2 N–H and O–H groups in total. The van der Waals surface area contributed by atoms with Crippen molar-refractivity contribution in [2.45, 2.75) is 129 Å². The standard InChI is InChI=1S/C21H32ClN5O4.C21H34ClN5O2/c1-5-15-14-25(19-18(22)12-17(13-23-19)27(29)30)10-11-26(15)16-6-8-24(9-7-16)20(28)31-21(2,3)4;1-5-16-14-26(19-18(22)12-15(23)13-24-19)10-11-27(16)17-6-8-25(9-7-17)20(28)29-21(2,3)4/h12-13,15-16H,5-11,14H2,1-4H3;12-13,16-17H,5-11,14,23H2,1-4H3/t15-;16-/m00/s1. The number of nitrogens with two attached hydrogens (primary N) is 1. The van der Waals surface area contributed by atoms with Crippen molar-refractivity contribution in [2.75, 3.05) is 81.0 Å². The summed E-state index contributed by atoms with van der Waals surface area (Å²) in [5.74, 6) is 1.42. The number of carbonyl (C=O) groups is 2. The van der Waals surface area contributed by atoms with E-state index in [0.717, 1.165) is 96.7 Å². The summed E-state index contributed by atoms with van der Waals surface area (Å²) in [5.41, 5.74) is 5.34. The van der Waals surface area contributed by atoms with E-state index < -0.39 is 16.1 Å². The van der Waals surface area contributed by atoms with Crippen molar-refractivity contribution >= 4 is 58.4 Å². The Labute approximate surface area is 365 Å². The minimum absolute atomic E-state index is 0.101. The summed E-state index contributed by atoms with van der Waals surface area (Å²) in [6.07, 6.45) is 8.36. The lowest BCUT2D eigenvalue weighted by Crippen LogP contribution is -2.59. The predicted octanol–water partition coefficient (Wildman–Crippen LogP) is 7.56. The van der Waals surface area contributed by atoms with Crippen molar-refractivity contribution in [3.8, 4) is 0 Å². The lowest BCUT2D eigenvalue weighted by atomic mass is 9.98. The second-order valence-corrected chi connectivity index (χ2v) is 19.0. The minimum Gasteiger partial charge on any atom is -0.444 e. The van der Waals surface area contributed by atoms with E-state index in [4.69, 9.17) is 38.4 Å². The van der Waals surface area contributed by atoms with Crippen LogP contribution in [-0.4, -0.2) is 147 Å². The molecule has 4 aliphatic heterocycles. The monoisotopic (exact) mass is 876 g/mol. The zero-order valence-electron chi connectivity index (χ0n) is 36.7. The SMILES string of the molecule is CC[C@H]1CN(c2ncc(N)cc2Cl)CCN1C1CCN(C(=O)OC(C)(C)C)CC1.CC[C@H]1CN(c2ncc([N+](=O)[O-])cc2Cl)CCN1C1CCN(C(=O)OC(C)(C)C)CC1. The molecule has 6 rings (SSSR count). The third kappa shape index (κ3) is 12.6. The molecule has 2 aromatic rings. The molecule has 2 atom stereocenters. The number of rotatable bonds is 7. The van der Waals surface area contributed by atoms with Crippen LogP contribution in [0.1, 0.15) is 93.9 Å². The van der Waals surface area contributed by atoms with Crippen molar-refractivity contribution in [1.82, 2.24) is 29.6 Å². The smallest absolute Gasteiger partial charge is 0.410 e. The fourth-order valence-corrected chi connectivity index (χ4v) is 9.23. The minimum atomic E-state index is -0.487. The highest BCUT2D eigenvalue weighted by molar-refractivity contribution is 6.33. The van der Waals surface area contributed by atoms with Gasteiger partial charge in [-0.1, -0.05) is 37.0 Å². The van der Waals surface area contributed by atoms with Crippen LogP contribution in [0, 0.1) is 10.1 Å². The van der Waals surface area contributed by atoms with Gasteiger partial charge in [0, 0.05) is 95.7 Å². The molecular formula is C42H66Cl2N10O6.